The summed E-state index contributed by atoms with van der Waals surface area (Å²) in [5, 5.41) is 0. The number of nitrogens with one attached hydrogen (secondary N) is 1. The first-order valence-corrected chi connectivity index (χ1v) is 4.97. The lowest BCUT2D eigenvalue weighted by Gasteiger charge is -2.31. The van der Waals surface area contributed by atoms with Crippen molar-refractivity contribution in [1.82, 2.24) is 0 Å². The van der Waals surface area contributed by atoms with Crippen LogP contribution in [0.3, 0.4) is 0 Å². The first kappa shape index (κ1) is 7.60. The van der Waals surface area contributed by atoms with Gasteiger partial charge in [-0.2, -0.15) is 7.05 Å². The van der Waals surface area contributed by atoms with Gasteiger partial charge in [-0.05, 0) is 12.8 Å². The van der Waals surface area contributed by atoms with Crippen LogP contribution in [0.2, 0.25) is 0 Å². The molecule has 1 N–H and O–H groups in total. The molecule has 1 heteroatoms. The van der Waals surface area contributed by atoms with Gasteiger partial charge in [0.1, 0.15) is 0 Å². The van der Waals surface area contributed by atoms with E-state index in [9.17, 15) is 0 Å². The normalized spacial score (nSPS) is 36.3. The third-order valence-electron chi connectivity index (χ3n) is 3.55. The van der Waals surface area contributed by atoms with E-state index in [4.69, 9.17) is 0 Å². The van der Waals surface area contributed by atoms with E-state index < -0.39 is 0 Å². The van der Waals surface area contributed by atoms with Crippen molar-refractivity contribution >= 4 is 0 Å². The fraction of sp³-hybridized carbons (Fsp3) is 0.900. The van der Waals surface area contributed by atoms with Gasteiger partial charge in [-0.1, -0.05) is 19.3 Å². The summed E-state index contributed by atoms with van der Waals surface area (Å²) in [4.78, 5) is 1.52. The molecular formula is C10H19N. The topological polar surface area (TPSA) is 4.44 Å². The third-order valence-corrected chi connectivity index (χ3v) is 3.55. The van der Waals surface area contributed by atoms with Gasteiger partial charge in [0.15, 0.2) is 0 Å². The molecule has 1 heterocycles. The molecular weight excluding hydrogens is 134 g/mol. The summed E-state index contributed by atoms with van der Waals surface area (Å²) in [5.74, 6) is 0. The van der Waals surface area contributed by atoms with Gasteiger partial charge in [-0.25, -0.2) is 0 Å². The molecule has 11 heavy (non-hydrogen) atoms. The fourth-order valence-electron chi connectivity index (χ4n) is 2.88. The quantitative estimate of drug-likeness (QED) is 0.496. The van der Waals surface area contributed by atoms with Gasteiger partial charge in [0, 0.05) is 11.8 Å². The summed E-state index contributed by atoms with van der Waals surface area (Å²) in [5.41, 5.74) is 0.745. The molecule has 0 aromatic heterocycles. The monoisotopic (exact) mass is 153 g/mol. The standard InChI is InChI=1S/C10H19N/c1-11-8-7-10(9-11)5-3-2-4-6-10/h11H,1-9H2. The van der Waals surface area contributed by atoms with Gasteiger partial charge in [0.2, 0.25) is 0 Å². The molecule has 0 aromatic carbocycles. The van der Waals surface area contributed by atoms with Crippen molar-refractivity contribution in [1.29, 1.82) is 0 Å². The molecule has 2 aliphatic rings. The molecule has 1 saturated carbocycles. The van der Waals surface area contributed by atoms with Gasteiger partial charge in [-0.15, -0.1) is 0 Å². The Balaban J connectivity index is 1.98. The van der Waals surface area contributed by atoms with Crippen molar-refractivity contribution in [2.75, 3.05) is 13.1 Å². The highest BCUT2D eigenvalue weighted by Gasteiger charge is 2.38. The molecule has 1 nitrogen and oxygen atoms in total. The second-order valence-corrected chi connectivity index (χ2v) is 4.49. The minimum atomic E-state index is 0.745. The largest absolute Gasteiger partial charge is 0.467 e. The molecule has 0 aromatic rings. The predicted molar refractivity (Wildman–Crippen MR) is 46.2 cm³/mol. The Bertz CT molecular complexity index is 130. The summed E-state index contributed by atoms with van der Waals surface area (Å²) >= 11 is 0. The Hall–Kier alpha value is -0.0400. The number of quaternary nitrogens is 1. The Labute approximate surface area is 69.8 Å². The summed E-state index contributed by atoms with van der Waals surface area (Å²) in [6.45, 7) is 2.67. The van der Waals surface area contributed by atoms with Crippen LogP contribution in [0.5, 0.6) is 0 Å². The Morgan fingerprint density at radius 1 is 1.00 bits per heavy atom. The van der Waals surface area contributed by atoms with Crippen molar-refractivity contribution in [3.05, 3.63) is 7.05 Å². The molecule has 2 fully saturated rings. The van der Waals surface area contributed by atoms with Gasteiger partial charge in [0.25, 0.3) is 0 Å². The highest BCUT2D eigenvalue weighted by atomic mass is 15.1. The van der Waals surface area contributed by atoms with Crippen LogP contribution >= 0.6 is 0 Å². The van der Waals surface area contributed by atoms with E-state index in [0.717, 1.165) is 5.41 Å². The van der Waals surface area contributed by atoms with Gasteiger partial charge in [-0.3, -0.25) is 0 Å². The lowest BCUT2D eigenvalue weighted by Crippen LogP contribution is -3.05. The molecule has 2 rings (SSSR count). The van der Waals surface area contributed by atoms with Gasteiger partial charge >= 0.3 is 0 Å². The molecule has 1 atom stereocenters. The van der Waals surface area contributed by atoms with E-state index in [-0.39, 0.29) is 0 Å². The molecule has 1 aliphatic carbocycles. The number of hydrogen-bond acceptors (Lipinski definition) is 0. The van der Waals surface area contributed by atoms with Crippen molar-refractivity contribution in [3.63, 3.8) is 0 Å². The van der Waals surface area contributed by atoms with Crippen LogP contribution in [0.4, 0.5) is 0 Å². The summed E-state index contributed by atoms with van der Waals surface area (Å²) in [7, 11) is 4.10. The number of rotatable bonds is 0. The Morgan fingerprint density at radius 2 is 1.73 bits per heavy atom. The lowest BCUT2D eigenvalue weighted by molar-refractivity contribution is -0.843. The van der Waals surface area contributed by atoms with Crippen molar-refractivity contribution in [2.24, 2.45) is 5.41 Å². The first-order valence-electron chi connectivity index (χ1n) is 4.97. The summed E-state index contributed by atoms with van der Waals surface area (Å²) in [6.07, 6.45) is 8.87. The molecule has 0 amide bonds. The van der Waals surface area contributed by atoms with Crippen LogP contribution in [0, 0.1) is 12.5 Å². The van der Waals surface area contributed by atoms with Crippen LogP contribution in [0.15, 0.2) is 0 Å². The zero-order chi connectivity index (χ0) is 7.73. The van der Waals surface area contributed by atoms with Crippen LogP contribution in [0.25, 0.3) is 0 Å². The summed E-state index contributed by atoms with van der Waals surface area (Å²) < 4.78 is 0. The average molecular weight is 153 g/mol. The fourth-order valence-corrected chi connectivity index (χ4v) is 2.88. The second kappa shape index (κ2) is 2.78. The third kappa shape index (κ3) is 1.44. The first-order chi connectivity index (χ1) is 5.31. The van der Waals surface area contributed by atoms with E-state index in [2.05, 4.69) is 7.05 Å². The molecule has 0 radical (unpaired) electrons. The van der Waals surface area contributed by atoms with E-state index >= 15 is 0 Å². The SMILES string of the molecule is [CH2-][NH+]1CCC2(CCCCC2)C1. The van der Waals surface area contributed by atoms with Gasteiger partial charge < -0.3 is 4.90 Å². The molecule has 1 aliphatic heterocycles. The van der Waals surface area contributed by atoms with E-state index in [1.807, 2.05) is 0 Å². The Kier molecular flexibility index (Phi) is 1.92. The smallest absolute Gasteiger partial charge is 0.0589 e. The van der Waals surface area contributed by atoms with Crippen molar-refractivity contribution < 1.29 is 4.90 Å². The highest BCUT2D eigenvalue weighted by Crippen LogP contribution is 2.39. The van der Waals surface area contributed by atoms with Crippen molar-refractivity contribution in [3.8, 4) is 0 Å². The predicted octanol–water partition coefficient (Wildman–Crippen LogP) is 1.02. The maximum absolute atomic E-state index is 4.10. The Morgan fingerprint density at radius 3 is 2.27 bits per heavy atom. The molecule has 1 spiro atoms. The van der Waals surface area contributed by atoms with E-state index in [1.165, 1.54) is 56.5 Å². The summed E-state index contributed by atoms with van der Waals surface area (Å²) in [6, 6.07) is 0. The second-order valence-electron chi connectivity index (χ2n) is 4.49. The van der Waals surface area contributed by atoms with Crippen molar-refractivity contribution in [2.45, 2.75) is 38.5 Å². The molecule has 0 bridgehead atoms. The van der Waals surface area contributed by atoms with Gasteiger partial charge in [0.05, 0.1) is 13.1 Å². The zero-order valence-electron chi connectivity index (χ0n) is 7.36. The van der Waals surface area contributed by atoms with Crippen LogP contribution in [0.1, 0.15) is 38.5 Å². The number of likely N-dealkylation sites (tertiary alicyclic amines) is 1. The number of hydrogen-bond donors (Lipinski definition) is 1. The molecule has 1 saturated heterocycles. The maximum atomic E-state index is 4.10. The average Bonchev–Trinajstić information content (AvgIpc) is 2.34. The molecule has 64 valence electrons. The van der Waals surface area contributed by atoms with Crippen LogP contribution < -0.4 is 4.90 Å². The minimum Gasteiger partial charge on any atom is -0.467 e. The maximum Gasteiger partial charge on any atom is 0.0589 e. The minimum absolute atomic E-state index is 0.745. The highest BCUT2D eigenvalue weighted by molar-refractivity contribution is 4.84. The zero-order valence-corrected chi connectivity index (χ0v) is 7.36. The lowest BCUT2D eigenvalue weighted by atomic mass is 9.74. The van der Waals surface area contributed by atoms with Crippen LogP contribution in [-0.4, -0.2) is 13.1 Å². The molecule has 1 unspecified atom stereocenters. The van der Waals surface area contributed by atoms with E-state index in [1.54, 1.807) is 0 Å². The van der Waals surface area contributed by atoms with Crippen LogP contribution in [-0.2, 0) is 0 Å². The van der Waals surface area contributed by atoms with E-state index in [0.29, 0.717) is 0 Å².